The SMILES string of the molecule is Cc1c(COCCC(C)(C)O)nc2ccccc2c1OCc1ccccc1. The molecule has 0 saturated heterocycles. The first-order valence-corrected chi connectivity index (χ1v) is 9.29. The van der Waals surface area contributed by atoms with Gasteiger partial charge in [-0.25, -0.2) is 4.98 Å². The van der Waals surface area contributed by atoms with Gasteiger partial charge in [-0.15, -0.1) is 0 Å². The molecular weight excluding hydrogens is 338 g/mol. The van der Waals surface area contributed by atoms with Crippen molar-refractivity contribution < 1.29 is 14.6 Å². The van der Waals surface area contributed by atoms with Gasteiger partial charge in [-0.05, 0) is 44.9 Å². The molecule has 3 rings (SSSR count). The second-order valence-electron chi connectivity index (χ2n) is 7.42. The molecule has 1 heterocycles. The first-order valence-electron chi connectivity index (χ1n) is 9.29. The maximum Gasteiger partial charge on any atom is 0.134 e. The van der Waals surface area contributed by atoms with Gasteiger partial charge in [0.2, 0.25) is 0 Å². The summed E-state index contributed by atoms with van der Waals surface area (Å²) in [6.45, 7) is 6.98. The quantitative estimate of drug-likeness (QED) is 0.583. The van der Waals surface area contributed by atoms with Crippen molar-refractivity contribution in [3.8, 4) is 5.75 Å². The summed E-state index contributed by atoms with van der Waals surface area (Å²) in [7, 11) is 0. The standard InChI is InChI=1S/C23H27NO3/c1-17-21(16-26-14-13-23(2,3)25)24-20-12-8-7-11-19(20)22(17)27-15-18-9-5-4-6-10-18/h4-12,25H,13-16H2,1-3H3. The first-order chi connectivity index (χ1) is 12.9. The van der Waals surface area contributed by atoms with Gasteiger partial charge < -0.3 is 14.6 Å². The number of rotatable bonds is 8. The van der Waals surface area contributed by atoms with E-state index in [4.69, 9.17) is 14.5 Å². The van der Waals surface area contributed by atoms with Gasteiger partial charge in [-0.3, -0.25) is 0 Å². The molecule has 4 heteroatoms. The van der Waals surface area contributed by atoms with E-state index in [1.807, 2.05) is 49.4 Å². The third-order valence-corrected chi connectivity index (χ3v) is 4.50. The van der Waals surface area contributed by atoms with Crippen molar-refractivity contribution in [3.05, 3.63) is 71.4 Å². The number of fused-ring (bicyclic) bond motifs is 1. The lowest BCUT2D eigenvalue weighted by Gasteiger charge is -2.18. The average Bonchev–Trinajstić information content (AvgIpc) is 2.65. The molecule has 2 aromatic carbocycles. The maximum absolute atomic E-state index is 9.82. The van der Waals surface area contributed by atoms with Crippen LogP contribution in [0.15, 0.2) is 54.6 Å². The Morgan fingerprint density at radius 3 is 2.41 bits per heavy atom. The largest absolute Gasteiger partial charge is 0.488 e. The lowest BCUT2D eigenvalue weighted by molar-refractivity contribution is 0.0229. The van der Waals surface area contributed by atoms with Crippen LogP contribution in [-0.2, 0) is 18.0 Å². The molecule has 0 atom stereocenters. The summed E-state index contributed by atoms with van der Waals surface area (Å²) in [4.78, 5) is 4.76. The van der Waals surface area contributed by atoms with Crippen molar-refractivity contribution in [1.29, 1.82) is 0 Å². The Balaban J connectivity index is 1.81. The van der Waals surface area contributed by atoms with Gasteiger partial charge in [0, 0.05) is 17.6 Å². The summed E-state index contributed by atoms with van der Waals surface area (Å²) in [5.74, 6) is 0.852. The third kappa shape index (κ3) is 5.28. The number of aliphatic hydroxyl groups is 1. The van der Waals surface area contributed by atoms with E-state index in [0.29, 0.717) is 26.2 Å². The zero-order chi connectivity index (χ0) is 19.3. The van der Waals surface area contributed by atoms with E-state index >= 15 is 0 Å². The van der Waals surface area contributed by atoms with Gasteiger partial charge in [-0.2, -0.15) is 0 Å². The highest BCUT2D eigenvalue weighted by Gasteiger charge is 2.15. The Hall–Kier alpha value is -2.43. The summed E-state index contributed by atoms with van der Waals surface area (Å²) < 4.78 is 12.0. The Labute approximate surface area is 160 Å². The molecule has 0 amide bonds. The predicted octanol–water partition coefficient (Wildman–Crippen LogP) is 4.80. The van der Waals surface area contributed by atoms with Crippen LogP contribution in [0, 0.1) is 6.92 Å². The summed E-state index contributed by atoms with van der Waals surface area (Å²) >= 11 is 0. The van der Waals surface area contributed by atoms with Crippen LogP contribution in [0.25, 0.3) is 10.9 Å². The minimum absolute atomic E-state index is 0.397. The number of benzene rings is 2. The van der Waals surface area contributed by atoms with E-state index < -0.39 is 5.60 Å². The highest BCUT2D eigenvalue weighted by Crippen LogP contribution is 2.31. The minimum atomic E-state index is -0.726. The van der Waals surface area contributed by atoms with Gasteiger partial charge in [0.15, 0.2) is 0 Å². The van der Waals surface area contributed by atoms with Gasteiger partial charge in [-0.1, -0.05) is 42.5 Å². The van der Waals surface area contributed by atoms with E-state index in [0.717, 1.165) is 33.5 Å². The molecule has 0 spiro atoms. The van der Waals surface area contributed by atoms with Crippen LogP contribution in [0.2, 0.25) is 0 Å². The molecule has 0 bridgehead atoms. The first kappa shape index (κ1) is 19.3. The van der Waals surface area contributed by atoms with E-state index in [1.165, 1.54) is 0 Å². The fourth-order valence-electron chi connectivity index (χ4n) is 2.87. The van der Waals surface area contributed by atoms with Gasteiger partial charge in [0.1, 0.15) is 12.4 Å². The molecule has 4 nitrogen and oxygen atoms in total. The molecule has 1 N–H and O–H groups in total. The second kappa shape index (κ2) is 8.51. The Morgan fingerprint density at radius 1 is 0.963 bits per heavy atom. The van der Waals surface area contributed by atoms with Crippen LogP contribution in [0.1, 0.15) is 37.1 Å². The number of hydrogen-bond acceptors (Lipinski definition) is 4. The van der Waals surface area contributed by atoms with Crippen LogP contribution in [0.4, 0.5) is 0 Å². The Bertz CT molecular complexity index is 885. The topological polar surface area (TPSA) is 51.6 Å². The number of aromatic nitrogens is 1. The van der Waals surface area contributed by atoms with Crippen LogP contribution in [0.3, 0.4) is 0 Å². The van der Waals surface area contributed by atoms with Crippen molar-refractivity contribution in [3.63, 3.8) is 0 Å². The highest BCUT2D eigenvalue weighted by atomic mass is 16.5. The zero-order valence-corrected chi connectivity index (χ0v) is 16.2. The monoisotopic (exact) mass is 365 g/mol. The van der Waals surface area contributed by atoms with E-state index in [-0.39, 0.29) is 0 Å². The van der Waals surface area contributed by atoms with Crippen molar-refractivity contribution in [2.45, 2.75) is 46.0 Å². The van der Waals surface area contributed by atoms with Crippen LogP contribution in [-0.4, -0.2) is 22.3 Å². The molecule has 0 aliphatic carbocycles. The van der Waals surface area contributed by atoms with Crippen molar-refractivity contribution in [2.24, 2.45) is 0 Å². The molecule has 0 saturated carbocycles. The molecular formula is C23H27NO3. The summed E-state index contributed by atoms with van der Waals surface area (Å²) in [5, 5.41) is 10.8. The van der Waals surface area contributed by atoms with Gasteiger partial charge >= 0.3 is 0 Å². The molecule has 0 radical (unpaired) electrons. The third-order valence-electron chi connectivity index (χ3n) is 4.50. The number of pyridine rings is 1. The van der Waals surface area contributed by atoms with Crippen LogP contribution in [0.5, 0.6) is 5.75 Å². The smallest absolute Gasteiger partial charge is 0.134 e. The lowest BCUT2D eigenvalue weighted by Crippen LogP contribution is -2.21. The average molecular weight is 365 g/mol. The molecule has 0 unspecified atom stereocenters. The fourth-order valence-corrected chi connectivity index (χ4v) is 2.87. The number of nitrogens with zero attached hydrogens (tertiary/aromatic N) is 1. The number of ether oxygens (including phenoxy) is 2. The lowest BCUT2D eigenvalue weighted by atomic mass is 10.1. The minimum Gasteiger partial charge on any atom is -0.488 e. The van der Waals surface area contributed by atoms with Gasteiger partial charge in [0.25, 0.3) is 0 Å². The molecule has 1 aromatic heterocycles. The molecule has 0 fully saturated rings. The van der Waals surface area contributed by atoms with Crippen molar-refractivity contribution in [2.75, 3.05) is 6.61 Å². The van der Waals surface area contributed by atoms with Crippen molar-refractivity contribution in [1.82, 2.24) is 4.98 Å². The van der Waals surface area contributed by atoms with Crippen LogP contribution < -0.4 is 4.74 Å². The summed E-state index contributed by atoms with van der Waals surface area (Å²) in [6.07, 6.45) is 0.580. The summed E-state index contributed by atoms with van der Waals surface area (Å²) in [5.41, 5.74) is 3.16. The van der Waals surface area contributed by atoms with E-state index in [2.05, 4.69) is 12.1 Å². The molecule has 3 aromatic rings. The van der Waals surface area contributed by atoms with E-state index in [1.54, 1.807) is 13.8 Å². The fraction of sp³-hybridized carbons (Fsp3) is 0.348. The molecule has 0 aliphatic rings. The number of para-hydroxylation sites is 1. The Morgan fingerprint density at radius 2 is 1.67 bits per heavy atom. The zero-order valence-electron chi connectivity index (χ0n) is 16.2. The van der Waals surface area contributed by atoms with Crippen molar-refractivity contribution >= 4 is 10.9 Å². The second-order valence-corrected chi connectivity index (χ2v) is 7.42. The Kier molecular flexibility index (Phi) is 6.09. The highest BCUT2D eigenvalue weighted by molar-refractivity contribution is 5.86. The molecule has 27 heavy (non-hydrogen) atoms. The maximum atomic E-state index is 9.82. The van der Waals surface area contributed by atoms with Gasteiger partial charge in [0.05, 0.1) is 23.4 Å². The molecule has 142 valence electrons. The predicted molar refractivity (Wildman–Crippen MR) is 108 cm³/mol. The molecule has 0 aliphatic heterocycles. The van der Waals surface area contributed by atoms with E-state index in [9.17, 15) is 5.11 Å². The number of hydrogen-bond donors (Lipinski definition) is 1. The normalized spacial score (nSPS) is 11.7. The summed E-state index contributed by atoms with van der Waals surface area (Å²) in [6, 6.07) is 18.1. The van der Waals surface area contributed by atoms with Crippen LogP contribution >= 0.6 is 0 Å².